The molecular formula is C26H30N2O6. The van der Waals surface area contributed by atoms with Crippen LogP contribution in [-0.4, -0.2) is 66.4 Å². The van der Waals surface area contributed by atoms with Crippen molar-refractivity contribution in [1.29, 1.82) is 0 Å². The summed E-state index contributed by atoms with van der Waals surface area (Å²) in [4.78, 5) is 39.2. The highest BCUT2D eigenvalue weighted by Crippen LogP contribution is 2.44. The number of carboxylic acid groups (broad SMARTS) is 1. The van der Waals surface area contributed by atoms with E-state index in [1.54, 1.807) is 6.92 Å². The molecule has 1 saturated heterocycles. The van der Waals surface area contributed by atoms with Crippen molar-refractivity contribution in [2.24, 2.45) is 0 Å². The van der Waals surface area contributed by atoms with E-state index in [1.165, 1.54) is 12.0 Å². The Labute approximate surface area is 198 Å². The average Bonchev–Trinajstić information content (AvgIpc) is 3.16. The average molecular weight is 467 g/mol. The minimum atomic E-state index is -1.32. The first-order chi connectivity index (χ1) is 16.4. The molecule has 2 aromatic carbocycles. The Balaban J connectivity index is 1.45. The summed E-state index contributed by atoms with van der Waals surface area (Å²) in [5, 5.41) is 12.3. The molecule has 2 aliphatic rings. The third-order valence-electron chi connectivity index (χ3n) is 6.88. The minimum Gasteiger partial charge on any atom is -0.480 e. The molecule has 1 aliphatic carbocycles. The molecule has 2 N–H and O–H groups in total. The molecule has 1 aliphatic heterocycles. The maximum absolute atomic E-state index is 13.2. The van der Waals surface area contributed by atoms with Gasteiger partial charge in [-0.2, -0.15) is 0 Å². The van der Waals surface area contributed by atoms with Crippen molar-refractivity contribution in [3.8, 4) is 11.1 Å². The van der Waals surface area contributed by atoms with Gasteiger partial charge in [-0.05, 0) is 48.4 Å². The molecule has 34 heavy (non-hydrogen) atoms. The largest absolute Gasteiger partial charge is 0.480 e. The number of amides is 2. The molecule has 8 nitrogen and oxygen atoms in total. The number of methoxy groups -OCH3 is 1. The highest BCUT2D eigenvalue weighted by Gasteiger charge is 2.46. The van der Waals surface area contributed by atoms with Crippen LogP contribution in [0.15, 0.2) is 48.5 Å². The molecule has 1 fully saturated rings. The number of nitrogens with one attached hydrogen (secondary N) is 1. The van der Waals surface area contributed by atoms with E-state index in [9.17, 15) is 19.5 Å². The van der Waals surface area contributed by atoms with Crippen molar-refractivity contribution in [3.63, 3.8) is 0 Å². The quantitative estimate of drug-likeness (QED) is 0.648. The van der Waals surface area contributed by atoms with Crippen LogP contribution < -0.4 is 5.32 Å². The lowest BCUT2D eigenvalue weighted by Crippen LogP contribution is -2.62. The van der Waals surface area contributed by atoms with Crippen LogP contribution in [0.5, 0.6) is 0 Å². The van der Waals surface area contributed by atoms with Gasteiger partial charge in [-0.25, -0.2) is 9.59 Å². The van der Waals surface area contributed by atoms with E-state index in [0.717, 1.165) is 28.7 Å². The number of benzene rings is 2. The van der Waals surface area contributed by atoms with Gasteiger partial charge in [-0.15, -0.1) is 0 Å². The number of likely N-dealkylation sites (tertiary alicyclic amines) is 1. The van der Waals surface area contributed by atoms with Crippen molar-refractivity contribution >= 4 is 18.0 Å². The summed E-state index contributed by atoms with van der Waals surface area (Å²) in [6.45, 7) is 1.89. The third kappa shape index (κ3) is 4.37. The van der Waals surface area contributed by atoms with Crippen LogP contribution in [0.1, 0.15) is 43.2 Å². The smallest absolute Gasteiger partial charge is 0.407 e. The molecule has 8 heteroatoms. The van der Waals surface area contributed by atoms with Crippen molar-refractivity contribution in [2.75, 3.05) is 26.9 Å². The maximum Gasteiger partial charge on any atom is 0.407 e. The number of fused-ring (bicyclic) bond motifs is 3. The maximum atomic E-state index is 13.2. The van der Waals surface area contributed by atoms with E-state index in [1.807, 2.05) is 36.4 Å². The predicted molar refractivity (Wildman–Crippen MR) is 125 cm³/mol. The van der Waals surface area contributed by atoms with Crippen LogP contribution in [0, 0.1) is 0 Å². The number of nitrogens with zero attached hydrogens (tertiary/aromatic N) is 1. The topological polar surface area (TPSA) is 105 Å². The van der Waals surface area contributed by atoms with Crippen LogP contribution in [0.4, 0.5) is 4.79 Å². The molecule has 2 aromatic rings. The van der Waals surface area contributed by atoms with Gasteiger partial charge >= 0.3 is 12.1 Å². The fraction of sp³-hybridized carbons (Fsp3) is 0.423. The van der Waals surface area contributed by atoms with E-state index in [-0.39, 0.29) is 19.1 Å². The normalized spacial score (nSPS) is 20.2. The van der Waals surface area contributed by atoms with Gasteiger partial charge < -0.3 is 24.8 Å². The van der Waals surface area contributed by atoms with Crippen molar-refractivity contribution in [1.82, 2.24) is 10.2 Å². The van der Waals surface area contributed by atoms with Gasteiger partial charge in [0.15, 0.2) is 0 Å². The number of carboxylic acids is 1. The molecule has 1 heterocycles. The fourth-order valence-electron chi connectivity index (χ4n) is 5.01. The first kappa shape index (κ1) is 23.8. The van der Waals surface area contributed by atoms with Crippen LogP contribution in [0.2, 0.25) is 0 Å². The van der Waals surface area contributed by atoms with Crippen molar-refractivity contribution in [2.45, 2.75) is 43.7 Å². The van der Waals surface area contributed by atoms with Gasteiger partial charge in [0.1, 0.15) is 18.2 Å². The standard InChI is InChI=1S/C26H30N2O6/c1-26(24(30)31)13-7-8-14-28(26)23(29)22(16-33-2)27-25(32)34-15-21-19-11-5-3-9-17(19)18-10-4-6-12-20(18)21/h3-6,9-12,21-22H,7-8,13-16H2,1-2H3,(H,27,32)(H,30,31)/t22-,26?/m0/s1. The monoisotopic (exact) mass is 466 g/mol. The molecule has 0 saturated carbocycles. The molecule has 0 aromatic heterocycles. The Morgan fingerprint density at radius 1 is 1.09 bits per heavy atom. The Hall–Kier alpha value is -3.39. The summed E-state index contributed by atoms with van der Waals surface area (Å²) in [5.41, 5.74) is 3.11. The van der Waals surface area contributed by atoms with Gasteiger partial charge in [0.2, 0.25) is 5.91 Å². The second-order valence-electron chi connectivity index (χ2n) is 9.00. The van der Waals surface area contributed by atoms with Gasteiger partial charge in [0.25, 0.3) is 0 Å². The number of ether oxygens (including phenoxy) is 2. The SMILES string of the molecule is COC[C@H](NC(=O)OCC1c2ccccc2-c2ccccc21)C(=O)N1CCCCC1(C)C(=O)O. The lowest BCUT2D eigenvalue weighted by Gasteiger charge is -2.43. The first-order valence-electron chi connectivity index (χ1n) is 11.5. The highest BCUT2D eigenvalue weighted by molar-refractivity contribution is 5.91. The number of piperidine rings is 1. The van der Waals surface area contributed by atoms with E-state index in [0.29, 0.717) is 19.4 Å². The summed E-state index contributed by atoms with van der Waals surface area (Å²) >= 11 is 0. The van der Waals surface area contributed by atoms with Gasteiger partial charge in [-0.1, -0.05) is 48.5 Å². The summed E-state index contributed by atoms with van der Waals surface area (Å²) in [7, 11) is 1.42. The second-order valence-corrected chi connectivity index (χ2v) is 9.00. The summed E-state index contributed by atoms with van der Waals surface area (Å²) in [6, 6.07) is 15.0. The zero-order valence-electron chi connectivity index (χ0n) is 19.5. The zero-order chi connectivity index (χ0) is 24.3. The number of carbonyl (C=O) groups is 3. The van der Waals surface area contributed by atoms with Crippen LogP contribution in [-0.2, 0) is 19.1 Å². The lowest BCUT2D eigenvalue weighted by atomic mass is 9.88. The first-order valence-corrected chi connectivity index (χ1v) is 11.5. The number of hydrogen-bond donors (Lipinski definition) is 2. The Morgan fingerprint density at radius 3 is 2.29 bits per heavy atom. The second kappa shape index (κ2) is 9.85. The van der Waals surface area contributed by atoms with Gasteiger partial charge in [0.05, 0.1) is 6.61 Å². The zero-order valence-corrected chi connectivity index (χ0v) is 19.5. The number of carbonyl (C=O) groups excluding carboxylic acids is 2. The Morgan fingerprint density at radius 2 is 1.71 bits per heavy atom. The number of alkyl carbamates (subject to hydrolysis) is 1. The fourth-order valence-corrected chi connectivity index (χ4v) is 5.01. The molecule has 2 amide bonds. The lowest BCUT2D eigenvalue weighted by molar-refractivity contribution is -0.162. The summed E-state index contributed by atoms with van der Waals surface area (Å²) in [5.74, 6) is -1.65. The van der Waals surface area contributed by atoms with E-state index >= 15 is 0 Å². The Kier molecular flexibility index (Phi) is 6.88. The van der Waals surface area contributed by atoms with Gasteiger partial charge in [0, 0.05) is 19.6 Å². The summed E-state index contributed by atoms with van der Waals surface area (Å²) < 4.78 is 10.7. The predicted octanol–water partition coefficient (Wildman–Crippen LogP) is 3.40. The molecule has 1 unspecified atom stereocenters. The van der Waals surface area contributed by atoms with E-state index in [4.69, 9.17) is 9.47 Å². The van der Waals surface area contributed by atoms with Crippen molar-refractivity contribution in [3.05, 3.63) is 59.7 Å². The summed E-state index contributed by atoms with van der Waals surface area (Å²) in [6.07, 6.45) is 1.05. The third-order valence-corrected chi connectivity index (χ3v) is 6.88. The molecule has 4 rings (SSSR count). The molecule has 0 bridgehead atoms. The van der Waals surface area contributed by atoms with Crippen LogP contribution in [0.25, 0.3) is 11.1 Å². The van der Waals surface area contributed by atoms with E-state index in [2.05, 4.69) is 17.4 Å². The van der Waals surface area contributed by atoms with Crippen LogP contribution in [0.3, 0.4) is 0 Å². The highest BCUT2D eigenvalue weighted by atomic mass is 16.5. The minimum absolute atomic E-state index is 0.0881. The number of aliphatic carboxylic acids is 1. The molecule has 180 valence electrons. The number of hydrogen-bond acceptors (Lipinski definition) is 5. The van der Waals surface area contributed by atoms with E-state index < -0.39 is 29.6 Å². The van der Waals surface area contributed by atoms with Crippen LogP contribution >= 0.6 is 0 Å². The molecule has 0 spiro atoms. The Bertz CT molecular complexity index is 1040. The molecular weight excluding hydrogens is 436 g/mol. The van der Waals surface area contributed by atoms with Crippen molar-refractivity contribution < 1.29 is 29.0 Å². The molecule has 0 radical (unpaired) electrons. The van der Waals surface area contributed by atoms with Gasteiger partial charge in [-0.3, -0.25) is 4.79 Å². The molecule has 2 atom stereocenters. The number of rotatable bonds is 7.